The predicted octanol–water partition coefficient (Wildman–Crippen LogP) is 18.6. The van der Waals surface area contributed by atoms with Gasteiger partial charge in [-0.25, -0.2) is 0 Å². The second kappa shape index (κ2) is 55.0. The lowest BCUT2D eigenvalue weighted by atomic mass is 10.0. The molecular weight excluding hydrogens is 924 g/mol. The average Bonchev–Trinajstić information content (AvgIpc) is 3.35. The minimum atomic E-state index is -4.61. The summed E-state index contributed by atoms with van der Waals surface area (Å²) < 4.78 is 23.4. The molecule has 1 amide bonds. The zero-order valence-corrected chi connectivity index (χ0v) is 49.7. The van der Waals surface area contributed by atoms with Crippen molar-refractivity contribution < 1.29 is 32.9 Å². The molecule has 0 aliphatic carbocycles. The van der Waals surface area contributed by atoms with Gasteiger partial charge in [-0.2, -0.15) is 0 Å². The van der Waals surface area contributed by atoms with Gasteiger partial charge in [0.2, 0.25) is 5.91 Å². The monoisotopic (exact) mass is 1040 g/mol. The second-order valence-corrected chi connectivity index (χ2v) is 23.8. The van der Waals surface area contributed by atoms with Crippen LogP contribution in [0.3, 0.4) is 0 Å². The van der Waals surface area contributed by atoms with Crippen LogP contribution < -0.4 is 10.2 Å². The summed E-state index contributed by atoms with van der Waals surface area (Å²) in [5.41, 5.74) is 0. The Balaban J connectivity index is 4.21. The number of aliphatic hydroxyl groups is 1. The molecule has 0 bridgehead atoms. The van der Waals surface area contributed by atoms with Crippen LogP contribution in [-0.4, -0.2) is 68.5 Å². The van der Waals surface area contributed by atoms with Gasteiger partial charge in [0.25, 0.3) is 7.82 Å². The summed E-state index contributed by atoms with van der Waals surface area (Å²) in [5.74, 6) is -0.208. The topological polar surface area (TPSA) is 108 Å². The number of unbranched alkanes of at least 4 members (excludes halogenated alkanes) is 36. The fourth-order valence-electron chi connectivity index (χ4n) is 9.06. The quantitative estimate of drug-likeness (QED) is 0.0272. The summed E-state index contributed by atoms with van der Waals surface area (Å²) in [7, 11) is 1.25. The number of rotatable bonds is 57. The van der Waals surface area contributed by atoms with Crippen LogP contribution in [0.5, 0.6) is 0 Å². The zero-order valence-electron chi connectivity index (χ0n) is 48.8. The number of nitrogens with one attached hydrogen (secondary N) is 1. The third kappa shape index (κ3) is 57.7. The van der Waals surface area contributed by atoms with Crippen LogP contribution >= 0.6 is 7.82 Å². The Hall–Kier alpha value is -1.80. The number of carbonyl (C=O) groups excluding carboxylic acids is 1. The third-order valence-corrected chi connectivity index (χ3v) is 14.9. The van der Waals surface area contributed by atoms with E-state index in [9.17, 15) is 19.4 Å². The van der Waals surface area contributed by atoms with Crippen molar-refractivity contribution in [2.45, 2.75) is 302 Å². The van der Waals surface area contributed by atoms with E-state index in [-0.39, 0.29) is 12.5 Å². The maximum atomic E-state index is 13.0. The maximum Gasteiger partial charge on any atom is 0.268 e. The molecule has 0 aromatic rings. The fourth-order valence-corrected chi connectivity index (χ4v) is 9.78. The molecule has 0 saturated heterocycles. The molecule has 9 heteroatoms. The van der Waals surface area contributed by atoms with Crippen LogP contribution in [0.15, 0.2) is 60.8 Å². The summed E-state index contributed by atoms with van der Waals surface area (Å²) in [6.07, 6.45) is 74.5. The van der Waals surface area contributed by atoms with Crippen LogP contribution in [0.2, 0.25) is 0 Å². The van der Waals surface area contributed by atoms with E-state index in [1.165, 1.54) is 218 Å². The molecule has 0 heterocycles. The smallest absolute Gasteiger partial charge is 0.268 e. The lowest BCUT2D eigenvalue weighted by Crippen LogP contribution is -2.45. The standard InChI is InChI=1S/C64H121N2O6P/c1-6-8-10-12-14-16-18-20-22-24-26-28-30-32-33-34-36-38-40-42-44-46-48-50-52-54-56-58-64(68)65-62(61-72-73(69,70)71-60-59-66(3,4)5)63(67)57-55-53-51-49-47-45-43-41-39-37-35-31-29-27-25-23-21-19-17-15-13-11-9-7-2/h18,20,24,26,30,32,47,49,55,57,62-63,67H,6-17,19,21-23,25,27-29,31,33-46,48,50-54,56,58-61H2,1-5H3,(H-,65,68,69,70)/b20-18-,26-24-,32-30-,49-47+,57-55+. The minimum absolute atomic E-state index is 0.00791. The van der Waals surface area contributed by atoms with E-state index in [1.54, 1.807) is 6.08 Å². The van der Waals surface area contributed by atoms with E-state index >= 15 is 0 Å². The molecule has 8 nitrogen and oxygen atoms in total. The number of quaternary nitrogens is 1. The molecule has 0 fully saturated rings. The number of likely N-dealkylation sites (N-methyl/N-ethyl adjacent to an activating group) is 1. The zero-order chi connectivity index (χ0) is 53.5. The van der Waals surface area contributed by atoms with E-state index in [2.05, 4.69) is 67.8 Å². The van der Waals surface area contributed by atoms with Crippen molar-refractivity contribution in [2.24, 2.45) is 0 Å². The molecule has 73 heavy (non-hydrogen) atoms. The predicted molar refractivity (Wildman–Crippen MR) is 316 cm³/mol. The molecule has 0 aliphatic rings. The molecular formula is C64H121N2O6P. The molecule has 0 aromatic heterocycles. The van der Waals surface area contributed by atoms with Crippen LogP contribution in [0.4, 0.5) is 0 Å². The number of hydrogen-bond donors (Lipinski definition) is 2. The molecule has 0 spiro atoms. The number of phosphoric acid groups is 1. The Morgan fingerprint density at radius 1 is 0.479 bits per heavy atom. The van der Waals surface area contributed by atoms with Gasteiger partial charge in [-0.05, 0) is 70.6 Å². The molecule has 0 aromatic carbocycles. The number of carbonyl (C=O) groups is 1. The third-order valence-electron chi connectivity index (χ3n) is 13.9. The summed E-state index contributed by atoms with van der Waals surface area (Å²) in [6, 6.07) is -0.908. The Kier molecular flexibility index (Phi) is 53.6. The molecule has 3 unspecified atom stereocenters. The number of nitrogens with zero attached hydrogens (tertiary/aromatic N) is 1. The Morgan fingerprint density at radius 3 is 1.21 bits per heavy atom. The van der Waals surface area contributed by atoms with Gasteiger partial charge < -0.3 is 28.8 Å². The second-order valence-electron chi connectivity index (χ2n) is 22.4. The summed E-state index contributed by atoms with van der Waals surface area (Å²) >= 11 is 0. The summed E-state index contributed by atoms with van der Waals surface area (Å²) in [6.45, 7) is 4.65. The molecule has 0 aliphatic heterocycles. The van der Waals surface area contributed by atoms with Gasteiger partial charge in [-0.1, -0.05) is 274 Å². The van der Waals surface area contributed by atoms with Crippen molar-refractivity contribution >= 4 is 13.7 Å². The van der Waals surface area contributed by atoms with E-state index < -0.39 is 26.6 Å². The number of phosphoric ester groups is 1. The van der Waals surface area contributed by atoms with Gasteiger partial charge in [0, 0.05) is 6.42 Å². The minimum Gasteiger partial charge on any atom is -0.756 e. The van der Waals surface area contributed by atoms with Gasteiger partial charge in [0.05, 0.1) is 39.9 Å². The average molecular weight is 1050 g/mol. The van der Waals surface area contributed by atoms with Crippen molar-refractivity contribution in [3.05, 3.63) is 60.8 Å². The SMILES string of the molecule is CCCCCCC/C=C\C/C=C\C/C=C\CCCCCCCCCCCCCCC(=O)NC(COP(=O)([O-])OCC[N+](C)(C)C)C(O)/C=C/CC/C=C/CCCCCCCCCCCCCCCCCCCC. The molecule has 0 radical (unpaired) electrons. The van der Waals surface area contributed by atoms with Crippen molar-refractivity contribution in [1.82, 2.24) is 5.32 Å². The highest BCUT2D eigenvalue weighted by Crippen LogP contribution is 2.38. The van der Waals surface area contributed by atoms with Crippen molar-refractivity contribution in [2.75, 3.05) is 40.9 Å². The Bertz CT molecular complexity index is 1370. The van der Waals surface area contributed by atoms with Gasteiger partial charge >= 0.3 is 0 Å². The maximum absolute atomic E-state index is 13.0. The first-order valence-corrected chi connectivity index (χ1v) is 32.6. The van der Waals surface area contributed by atoms with Gasteiger partial charge in [-0.15, -0.1) is 0 Å². The van der Waals surface area contributed by atoms with E-state index in [0.29, 0.717) is 17.4 Å². The molecule has 0 rings (SSSR count). The van der Waals surface area contributed by atoms with E-state index in [1.807, 2.05) is 27.2 Å². The lowest BCUT2D eigenvalue weighted by molar-refractivity contribution is -0.870. The van der Waals surface area contributed by atoms with Gasteiger partial charge in [-0.3, -0.25) is 9.36 Å². The molecule has 3 atom stereocenters. The lowest BCUT2D eigenvalue weighted by Gasteiger charge is -2.29. The van der Waals surface area contributed by atoms with Crippen molar-refractivity contribution in [3.8, 4) is 0 Å². The molecule has 0 saturated carbocycles. The van der Waals surface area contributed by atoms with Gasteiger partial charge in [0.1, 0.15) is 13.2 Å². The summed E-state index contributed by atoms with van der Waals surface area (Å²) in [4.78, 5) is 25.5. The van der Waals surface area contributed by atoms with E-state index in [0.717, 1.165) is 51.4 Å². The largest absolute Gasteiger partial charge is 0.756 e. The van der Waals surface area contributed by atoms with E-state index in [4.69, 9.17) is 9.05 Å². The van der Waals surface area contributed by atoms with Crippen LogP contribution in [0.1, 0.15) is 290 Å². The molecule has 2 N–H and O–H groups in total. The van der Waals surface area contributed by atoms with Crippen LogP contribution in [0.25, 0.3) is 0 Å². The normalized spacial score (nSPS) is 14.2. The van der Waals surface area contributed by atoms with Crippen molar-refractivity contribution in [1.29, 1.82) is 0 Å². The van der Waals surface area contributed by atoms with Crippen LogP contribution in [-0.2, 0) is 18.4 Å². The number of amides is 1. The van der Waals surface area contributed by atoms with Crippen molar-refractivity contribution in [3.63, 3.8) is 0 Å². The highest BCUT2D eigenvalue weighted by atomic mass is 31.2. The molecule has 428 valence electrons. The fraction of sp³-hybridized carbons (Fsp3) is 0.828. The van der Waals surface area contributed by atoms with Gasteiger partial charge in [0.15, 0.2) is 0 Å². The number of hydrogen-bond acceptors (Lipinski definition) is 6. The first kappa shape index (κ1) is 71.2. The number of allylic oxidation sites excluding steroid dienone is 9. The highest BCUT2D eigenvalue weighted by Gasteiger charge is 2.23. The highest BCUT2D eigenvalue weighted by molar-refractivity contribution is 7.45. The Labute approximate surface area is 453 Å². The Morgan fingerprint density at radius 2 is 0.808 bits per heavy atom. The number of aliphatic hydroxyl groups excluding tert-OH is 1. The van der Waals surface area contributed by atoms with Crippen LogP contribution in [0, 0.1) is 0 Å². The first-order chi connectivity index (χ1) is 35.5. The first-order valence-electron chi connectivity index (χ1n) is 31.2. The summed E-state index contributed by atoms with van der Waals surface area (Å²) in [5, 5.41) is 13.9.